The molecule has 0 atom stereocenters. The van der Waals surface area contributed by atoms with Crippen LogP contribution >= 0.6 is 11.3 Å². The highest BCUT2D eigenvalue weighted by Gasteiger charge is 2.22. The number of carbonyl (C=O) groups is 2. The molecule has 0 aromatic carbocycles. The molecule has 1 N–H and O–H groups in total. The Bertz CT molecular complexity index is 829. The van der Waals surface area contributed by atoms with Crippen molar-refractivity contribution in [2.45, 2.75) is 27.7 Å². The Morgan fingerprint density at radius 3 is 2.62 bits per heavy atom. The van der Waals surface area contributed by atoms with Crippen LogP contribution in [0.15, 0.2) is 12.1 Å². The Balaban J connectivity index is 2.35. The molecule has 0 bridgehead atoms. The fourth-order valence-corrected chi connectivity index (χ4v) is 3.30. The second-order valence-corrected chi connectivity index (χ2v) is 6.24. The molecule has 0 saturated heterocycles. The third-order valence-electron chi connectivity index (χ3n) is 3.28. The molecule has 6 nitrogen and oxygen atoms in total. The molecule has 0 spiro atoms. The minimum absolute atomic E-state index is 0.242. The lowest BCUT2D eigenvalue weighted by molar-refractivity contribution is 0.0531. The van der Waals surface area contributed by atoms with E-state index >= 15 is 0 Å². The van der Waals surface area contributed by atoms with Crippen molar-refractivity contribution in [1.82, 2.24) is 4.98 Å². The van der Waals surface area contributed by atoms with Crippen LogP contribution in [0.3, 0.4) is 0 Å². The molecule has 0 radical (unpaired) electrons. The van der Waals surface area contributed by atoms with Gasteiger partial charge in [0.15, 0.2) is 0 Å². The van der Waals surface area contributed by atoms with Crippen molar-refractivity contribution in [1.29, 1.82) is 5.26 Å². The average Bonchev–Trinajstić information content (AvgIpc) is 2.82. The first-order chi connectivity index (χ1) is 11.4. The molecule has 0 aliphatic heterocycles. The van der Waals surface area contributed by atoms with E-state index in [1.165, 1.54) is 0 Å². The topological polar surface area (TPSA) is 92.1 Å². The van der Waals surface area contributed by atoms with Gasteiger partial charge in [0.25, 0.3) is 5.91 Å². The van der Waals surface area contributed by atoms with Gasteiger partial charge in [0.05, 0.1) is 12.2 Å². The third kappa shape index (κ3) is 3.60. The minimum atomic E-state index is -0.499. The Hall–Kier alpha value is -2.72. The third-order valence-corrected chi connectivity index (χ3v) is 4.46. The molecule has 24 heavy (non-hydrogen) atoms. The van der Waals surface area contributed by atoms with Gasteiger partial charge in [-0.05, 0) is 51.0 Å². The first kappa shape index (κ1) is 17.6. The van der Waals surface area contributed by atoms with Crippen LogP contribution in [0.1, 0.15) is 49.5 Å². The largest absolute Gasteiger partial charge is 0.462 e. The van der Waals surface area contributed by atoms with E-state index in [1.807, 2.05) is 19.1 Å². The molecular weight excluding hydrogens is 326 g/mol. The Kier molecular flexibility index (Phi) is 5.31. The number of pyridine rings is 1. The fourth-order valence-electron chi connectivity index (χ4n) is 2.25. The fraction of sp³-hybridized carbons (Fsp3) is 0.294. The van der Waals surface area contributed by atoms with E-state index in [0.717, 1.165) is 22.6 Å². The summed E-state index contributed by atoms with van der Waals surface area (Å²) in [6.45, 7) is 7.29. The van der Waals surface area contributed by atoms with Gasteiger partial charge in [0.2, 0.25) is 0 Å². The smallest absolute Gasteiger partial charge is 0.348 e. The molecule has 0 saturated carbocycles. The summed E-state index contributed by atoms with van der Waals surface area (Å²) in [7, 11) is 0. The predicted molar refractivity (Wildman–Crippen MR) is 91.4 cm³/mol. The van der Waals surface area contributed by atoms with Gasteiger partial charge in [0, 0.05) is 5.69 Å². The number of nitrogens with zero attached hydrogens (tertiary/aromatic N) is 2. The number of hydrogen-bond acceptors (Lipinski definition) is 6. The van der Waals surface area contributed by atoms with Crippen LogP contribution in [0.2, 0.25) is 0 Å². The van der Waals surface area contributed by atoms with E-state index in [4.69, 9.17) is 4.74 Å². The maximum atomic E-state index is 12.4. The van der Waals surface area contributed by atoms with Gasteiger partial charge in [-0.15, -0.1) is 11.3 Å². The number of aromatic nitrogens is 1. The summed E-state index contributed by atoms with van der Waals surface area (Å²) in [5.74, 6) is -0.920. The maximum Gasteiger partial charge on any atom is 0.348 e. The Morgan fingerprint density at radius 1 is 1.33 bits per heavy atom. The first-order valence-corrected chi connectivity index (χ1v) is 8.16. The number of nitriles is 1. The lowest BCUT2D eigenvalue weighted by Gasteiger charge is -2.05. The molecule has 0 fully saturated rings. The van der Waals surface area contributed by atoms with Crippen LogP contribution in [-0.2, 0) is 4.74 Å². The van der Waals surface area contributed by atoms with E-state index in [-0.39, 0.29) is 17.9 Å². The molecule has 2 rings (SSSR count). The van der Waals surface area contributed by atoms with Crippen LogP contribution in [0.4, 0.5) is 5.00 Å². The van der Waals surface area contributed by atoms with Crippen LogP contribution in [0.5, 0.6) is 0 Å². The summed E-state index contributed by atoms with van der Waals surface area (Å²) >= 11 is 1.03. The molecule has 2 aromatic rings. The lowest BCUT2D eigenvalue weighted by Crippen LogP contribution is -2.14. The summed E-state index contributed by atoms with van der Waals surface area (Å²) in [6, 6.07) is 5.56. The van der Waals surface area contributed by atoms with Gasteiger partial charge < -0.3 is 10.1 Å². The number of aryl methyl sites for hydroxylation is 2. The maximum absolute atomic E-state index is 12.4. The molecule has 0 aliphatic rings. The number of amides is 1. The van der Waals surface area contributed by atoms with Gasteiger partial charge in [-0.25, -0.2) is 9.78 Å². The molecule has 2 aromatic heterocycles. The van der Waals surface area contributed by atoms with E-state index in [9.17, 15) is 14.9 Å². The molecule has 0 aliphatic carbocycles. The van der Waals surface area contributed by atoms with Crippen LogP contribution < -0.4 is 5.32 Å². The number of carbonyl (C=O) groups excluding carboxylic acids is 2. The van der Waals surface area contributed by atoms with Gasteiger partial charge >= 0.3 is 5.97 Å². The molecular formula is C17H17N3O3S. The minimum Gasteiger partial charge on any atom is -0.462 e. The van der Waals surface area contributed by atoms with E-state index in [1.54, 1.807) is 26.8 Å². The molecule has 2 heterocycles. The second kappa shape index (κ2) is 7.23. The summed E-state index contributed by atoms with van der Waals surface area (Å²) in [5, 5.41) is 12.3. The molecule has 0 unspecified atom stereocenters. The van der Waals surface area contributed by atoms with Crippen molar-refractivity contribution >= 4 is 28.2 Å². The van der Waals surface area contributed by atoms with E-state index < -0.39 is 11.9 Å². The van der Waals surface area contributed by atoms with Crippen molar-refractivity contribution in [3.8, 4) is 6.07 Å². The van der Waals surface area contributed by atoms with Crippen molar-refractivity contribution in [3.63, 3.8) is 0 Å². The lowest BCUT2D eigenvalue weighted by atomic mass is 10.1. The number of nitrogens with one attached hydrogen (secondary N) is 1. The summed E-state index contributed by atoms with van der Waals surface area (Å²) in [4.78, 5) is 28.9. The summed E-state index contributed by atoms with van der Waals surface area (Å²) in [5.41, 5.74) is 2.68. The van der Waals surface area contributed by atoms with Gasteiger partial charge in [-0.1, -0.05) is 0 Å². The highest BCUT2D eigenvalue weighted by Crippen LogP contribution is 2.33. The highest BCUT2D eigenvalue weighted by atomic mass is 32.1. The number of ether oxygens (including phenoxy) is 1. The van der Waals surface area contributed by atoms with Crippen LogP contribution in [0, 0.1) is 32.1 Å². The normalized spacial score (nSPS) is 10.1. The highest BCUT2D eigenvalue weighted by molar-refractivity contribution is 7.18. The van der Waals surface area contributed by atoms with Crippen molar-refractivity contribution in [2.75, 3.05) is 11.9 Å². The quantitative estimate of drug-likeness (QED) is 0.859. The monoisotopic (exact) mass is 343 g/mol. The van der Waals surface area contributed by atoms with Crippen molar-refractivity contribution < 1.29 is 14.3 Å². The van der Waals surface area contributed by atoms with Crippen LogP contribution in [-0.4, -0.2) is 23.5 Å². The summed E-state index contributed by atoms with van der Waals surface area (Å²) in [6.07, 6.45) is 0. The Labute approximate surface area is 144 Å². The van der Waals surface area contributed by atoms with E-state index in [0.29, 0.717) is 15.4 Å². The number of thiophene rings is 1. The predicted octanol–water partition coefficient (Wildman–Crippen LogP) is 3.37. The zero-order valence-corrected chi connectivity index (χ0v) is 14.7. The number of hydrogen-bond donors (Lipinski definition) is 1. The Morgan fingerprint density at radius 2 is 2.04 bits per heavy atom. The standard InChI is InChI=1S/C17H17N3O3S/c1-5-23-17(22)14-11(4)12(8-18)16(24-14)20-15(21)13-7-9(2)6-10(3)19-13/h6-7H,5H2,1-4H3,(H,20,21). The zero-order chi connectivity index (χ0) is 17.9. The van der Waals surface area contributed by atoms with Crippen molar-refractivity contribution in [2.24, 2.45) is 0 Å². The number of rotatable bonds is 4. The second-order valence-electron chi connectivity index (χ2n) is 5.22. The van der Waals surface area contributed by atoms with Crippen molar-refractivity contribution in [3.05, 3.63) is 45.1 Å². The molecule has 124 valence electrons. The van der Waals surface area contributed by atoms with Gasteiger partial charge in [-0.3, -0.25) is 4.79 Å². The number of anilines is 1. The average molecular weight is 343 g/mol. The first-order valence-electron chi connectivity index (χ1n) is 7.34. The SMILES string of the molecule is CCOC(=O)c1sc(NC(=O)c2cc(C)cc(C)n2)c(C#N)c1C. The van der Waals surface area contributed by atoms with Gasteiger partial charge in [-0.2, -0.15) is 5.26 Å². The van der Waals surface area contributed by atoms with E-state index in [2.05, 4.69) is 10.3 Å². The molecule has 7 heteroatoms. The zero-order valence-electron chi connectivity index (χ0n) is 13.9. The summed E-state index contributed by atoms with van der Waals surface area (Å²) < 4.78 is 4.98. The van der Waals surface area contributed by atoms with Gasteiger partial charge in [0.1, 0.15) is 21.6 Å². The van der Waals surface area contributed by atoms with Crippen LogP contribution in [0.25, 0.3) is 0 Å². The number of esters is 1. The molecule has 1 amide bonds.